The molecule has 0 heterocycles. The first-order valence-corrected chi connectivity index (χ1v) is 22.0. The van der Waals surface area contributed by atoms with Gasteiger partial charge in [0.15, 0.2) is 0 Å². The van der Waals surface area contributed by atoms with E-state index in [1.165, 1.54) is 10.4 Å². The van der Waals surface area contributed by atoms with Crippen molar-refractivity contribution in [1.82, 2.24) is 0 Å². The zero-order valence-electron chi connectivity index (χ0n) is 29.4. The number of benzene rings is 5. The molecule has 0 bridgehead atoms. The molecule has 0 spiro atoms. The Bertz CT molecular complexity index is 1890. The van der Waals surface area contributed by atoms with Crippen molar-refractivity contribution in [1.29, 1.82) is 0 Å². The van der Waals surface area contributed by atoms with Gasteiger partial charge in [-0.3, -0.25) is 0 Å². The maximum Gasteiger partial charge on any atom is 0.231 e. The quantitative estimate of drug-likeness (QED) is 0.0501. The Balaban J connectivity index is 1.55. The van der Waals surface area contributed by atoms with Gasteiger partial charge in [-0.15, -0.1) is 26.3 Å². The van der Waals surface area contributed by atoms with Gasteiger partial charge in [-0.25, -0.2) is 0 Å². The molecule has 50 heavy (non-hydrogen) atoms. The second kappa shape index (κ2) is 17.1. The topological polar surface area (TPSA) is 18.5 Å². The van der Waals surface area contributed by atoms with E-state index in [4.69, 9.17) is 8.85 Å². The van der Waals surface area contributed by atoms with E-state index in [2.05, 4.69) is 161 Å². The van der Waals surface area contributed by atoms with Crippen LogP contribution in [0, 0.1) is 23.7 Å². The van der Waals surface area contributed by atoms with Crippen LogP contribution in [0.4, 0.5) is 0 Å². The van der Waals surface area contributed by atoms with E-state index in [9.17, 15) is 0 Å². The summed E-state index contributed by atoms with van der Waals surface area (Å²) in [5.41, 5.74) is 3.94. The molecule has 0 aliphatic heterocycles. The van der Waals surface area contributed by atoms with Crippen molar-refractivity contribution in [3.8, 4) is 23.7 Å². The molecule has 250 valence electrons. The van der Waals surface area contributed by atoms with Crippen molar-refractivity contribution in [2.75, 3.05) is 13.2 Å². The molecule has 0 fully saturated rings. The lowest BCUT2D eigenvalue weighted by Crippen LogP contribution is -2.50. The van der Waals surface area contributed by atoms with Gasteiger partial charge < -0.3 is 8.85 Å². The maximum atomic E-state index is 6.41. The summed E-state index contributed by atoms with van der Waals surface area (Å²) < 4.78 is 12.8. The van der Waals surface area contributed by atoms with Gasteiger partial charge in [-0.05, 0) is 94.2 Å². The Hall–Kier alpha value is -4.95. The van der Waals surface area contributed by atoms with Crippen LogP contribution in [-0.2, 0) is 8.85 Å². The third kappa shape index (κ3) is 7.76. The zero-order valence-corrected chi connectivity index (χ0v) is 31.4. The van der Waals surface area contributed by atoms with Gasteiger partial charge in [0.25, 0.3) is 0 Å². The van der Waals surface area contributed by atoms with Crippen LogP contribution in [0.5, 0.6) is 0 Å². The Labute approximate surface area is 301 Å². The molecule has 5 aromatic rings. The second-order valence-electron chi connectivity index (χ2n) is 12.3. The molecule has 0 unspecified atom stereocenters. The summed E-state index contributed by atoms with van der Waals surface area (Å²) in [7, 11) is -4.45. The number of hydrogen-bond acceptors (Lipinski definition) is 2. The number of rotatable bonds is 14. The molecule has 0 N–H and O–H groups in total. The highest BCUT2D eigenvalue weighted by Crippen LogP contribution is 2.32. The summed E-state index contributed by atoms with van der Waals surface area (Å²) in [6.07, 6.45) is 7.90. The van der Waals surface area contributed by atoms with Crippen LogP contribution >= 0.6 is 0 Å². The molecule has 0 atom stereocenters. The molecule has 0 aliphatic rings. The molecule has 0 aliphatic carbocycles. The van der Waals surface area contributed by atoms with Crippen LogP contribution in [-0.4, -0.2) is 29.8 Å². The van der Waals surface area contributed by atoms with Gasteiger partial charge in [-0.1, -0.05) is 121 Å². The van der Waals surface area contributed by atoms with Gasteiger partial charge in [0.05, 0.1) is 0 Å². The third-order valence-corrected chi connectivity index (χ3v) is 17.4. The molecule has 0 saturated carbocycles. The molecule has 0 aromatic heterocycles. The van der Waals surface area contributed by atoms with Crippen LogP contribution < -0.4 is 10.4 Å². The predicted octanol–water partition coefficient (Wildman–Crippen LogP) is 9.91. The fraction of sp³-hybridized carbons (Fsp3) is 0.174. The zero-order chi connectivity index (χ0) is 35.4. The minimum atomic E-state index is -2.22. The number of allylic oxidation sites excluding steroid dienone is 4. The molecule has 0 amide bonds. The van der Waals surface area contributed by atoms with Gasteiger partial charge in [0.2, 0.25) is 16.6 Å². The highest BCUT2D eigenvalue weighted by molar-refractivity contribution is 6.87. The van der Waals surface area contributed by atoms with E-state index in [1.54, 1.807) is 0 Å². The molecule has 2 nitrogen and oxygen atoms in total. The van der Waals surface area contributed by atoms with Gasteiger partial charge in [0, 0.05) is 35.5 Å². The smallest absolute Gasteiger partial charge is 0.231 e. The van der Waals surface area contributed by atoms with Crippen LogP contribution in [0.15, 0.2) is 148 Å². The Kier molecular flexibility index (Phi) is 12.4. The first-order valence-electron chi connectivity index (χ1n) is 17.4. The predicted molar refractivity (Wildman–Crippen MR) is 220 cm³/mol. The molecule has 4 heteroatoms. The Morgan fingerprint density at radius 1 is 0.460 bits per heavy atom. The molecule has 0 saturated heterocycles. The minimum absolute atomic E-state index is 0.672. The van der Waals surface area contributed by atoms with Crippen molar-refractivity contribution in [3.05, 3.63) is 170 Å². The molecule has 5 rings (SSSR count). The fourth-order valence-electron chi connectivity index (χ4n) is 6.91. The first-order chi connectivity index (χ1) is 24.5. The van der Waals surface area contributed by atoms with Gasteiger partial charge >= 0.3 is 0 Å². The van der Waals surface area contributed by atoms with Crippen LogP contribution in [0.2, 0.25) is 24.2 Å². The molecule has 5 aromatic carbocycles. The summed E-state index contributed by atoms with van der Waals surface area (Å²) in [6.45, 7) is 21.5. The number of hydrogen-bond donors (Lipinski definition) is 0. The van der Waals surface area contributed by atoms with E-state index >= 15 is 0 Å². The van der Waals surface area contributed by atoms with E-state index in [0.717, 1.165) is 68.0 Å². The van der Waals surface area contributed by atoms with Gasteiger partial charge in [-0.2, -0.15) is 0 Å². The molecular formula is C46H46O2Si2. The summed E-state index contributed by atoms with van der Waals surface area (Å²) in [5, 5.41) is 6.85. The molecular weight excluding hydrogens is 641 g/mol. The third-order valence-electron chi connectivity index (χ3n) is 9.15. The lowest BCUT2D eigenvalue weighted by atomic mass is 9.92. The Morgan fingerprint density at radius 2 is 0.760 bits per heavy atom. The lowest BCUT2D eigenvalue weighted by Gasteiger charge is -2.29. The van der Waals surface area contributed by atoms with E-state index < -0.39 is 16.6 Å². The van der Waals surface area contributed by atoms with E-state index in [1.807, 2.05) is 24.3 Å². The second-order valence-corrected chi connectivity index (χ2v) is 19.7. The summed E-state index contributed by atoms with van der Waals surface area (Å²) >= 11 is 0. The monoisotopic (exact) mass is 686 g/mol. The fourth-order valence-corrected chi connectivity index (χ4v) is 13.5. The highest BCUT2D eigenvalue weighted by Gasteiger charge is 2.35. The first kappa shape index (κ1) is 36.3. The number of fused-ring (bicyclic) bond motifs is 2. The van der Waals surface area contributed by atoms with Crippen molar-refractivity contribution in [2.45, 2.75) is 38.0 Å². The summed E-state index contributed by atoms with van der Waals surface area (Å²) in [5.74, 6) is 14.1. The highest BCUT2D eigenvalue weighted by atomic mass is 28.4. The van der Waals surface area contributed by atoms with Crippen LogP contribution in [0.3, 0.4) is 0 Å². The standard InChI is InChI=1S/C46H46O2Si2/c1-7-33-49(34-8-2,47-11-5)39-27-21-37(22-28-39)25-31-45-41-17-13-15-19-43(41)46(44-20-16-14-18-42(44)45)32-26-38-23-29-40(30-24-38)50(35-9-3,36-10-4)48-12-6/h7-10,13-24,27-30H,1-4,11-12,33-36H2,5-6H3. The van der Waals surface area contributed by atoms with E-state index in [0.29, 0.717) is 13.2 Å². The van der Waals surface area contributed by atoms with Crippen molar-refractivity contribution in [3.63, 3.8) is 0 Å². The largest absolute Gasteiger partial charge is 0.412 e. The summed E-state index contributed by atoms with van der Waals surface area (Å²) in [4.78, 5) is 0. The molecule has 0 radical (unpaired) electrons. The van der Waals surface area contributed by atoms with Crippen molar-refractivity contribution < 1.29 is 8.85 Å². The van der Waals surface area contributed by atoms with Crippen molar-refractivity contribution >= 4 is 48.6 Å². The maximum absolute atomic E-state index is 6.41. The van der Waals surface area contributed by atoms with Gasteiger partial charge in [0.1, 0.15) is 0 Å². The lowest BCUT2D eigenvalue weighted by molar-refractivity contribution is 0.333. The average molecular weight is 687 g/mol. The minimum Gasteiger partial charge on any atom is -0.412 e. The average Bonchev–Trinajstić information content (AvgIpc) is 3.14. The summed E-state index contributed by atoms with van der Waals surface area (Å²) in [6, 6.07) is 37.4. The van der Waals surface area contributed by atoms with Crippen molar-refractivity contribution in [2.24, 2.45) is 0 Å². The Morgan fingerprint density at radius 3 is 1.02 bits per heavy atom. The van der Waals surface area contributed by atoms with E-state index in [-0.39, 0.29) is 0 Å². The van der Waals surface area contributed by atoms with Crippen LogP contribution in [0.1, 0.15) is 36.1 Å². The normalized spacial score (nSPS) is 11.2. The van der Waals surface area contributed by atoms with Crippen LogP contribution in [0.25, 0.3) is 21.5 Å². The SMILES string of the molecule is C=CC[Si](CC=C)(OCC)c1ccc(C#Cc2c3ccccc3c(C#Cc3ccc([Si](CC=C)(CC=C)OCC)cc3)c3ccccc23)cc1.